The smallest absolute Gasteiger partial charge is 0.245 e. The molecule has 0 aliphatic rings. The van der Waals surface area contributed by atoms with Gasteiger partial charge in [-0.2, -0.15) is 4.31 Å². The molecule has 0 aliphatic heterocycles. The van der Waals surface area contributed by atoms with Gasteiger partial charge in [0, 0.05) is 5.02 Å². The molecule has 0 radical (unpaired) electrons. The minimum atomic E-state index is -4.12. The third kappa shape index (κ3) is 4.08. The average molecular weight is 397 g/mol. The van der Waals surface area contributed by atoms with Crippen molar-refractivity contribution in [1.29, 1.82) is 0 Å². The van der Waals surface area contributed by atoms with Crippen molar-refractivity contribution in [2.75, 3.05) is 0 Å². The van der Waals surface area contributed by atoms with Crippen molar-refractivity contribution >= 4 is 50.1 Å². The molecular formula is C14H12Cl3NO4S. The molecule has 2 rings (SSSR count). The molecule has 1 heterocycles. The maximum atomic E-state index is 12.9. The minimum absolute atomic E-state index is 0.00642. The molecular weight excluding hydrogens is 385 g/mol. The lowest BCUT2D eigenvalue weighted by atomic mass is 10.3. The number of carbonyl (C=O) groups excluding carboxylic acids is 1. The number of hydrogen-bond donors (Lipinski definition) is 0. The maximum absolute atomic E-state index is 12.9. The number of nitrogens with zero attached hydrogens (tertiary/aromatic N) is 1. The summed E-state index contributed by atoms with van der Waals surface area (Å²) in [5.41, 5.74) is 0. The van der Waals surface area contributed by atoms with Crippen LogP contribution in [0, 0.1) is 0 Å². The van der Waals surface area contributed by atoms with Crippen molar-refractivity contribution in [1.82, 2.24) is 4.31 Å². The number of carbonyl (C=O) groups is 1. The van der Waals surface area contributed by atoms with Gasteiger partial charge in [-0.3, -0.25) is 4.79 Å². The lowest BCUT2D eigenvalue weighted by Crippen LogP contribution is -2.41. The van der Waals surface area contributed by atoms with Crippen LogP contribution in [0.1, 0.15) is 12.7 Å². The van der Waals surface area contributed by atoms with Gasteiger partial charge in [-0.05, 0) is 48.9 Å². The van der Waals surface area contributed by atoms with E-state index in [1.807, 2.05) is 0 Å². The Labute approximate surface area is 148 Å². The predicted molar refractivity (Wildman–Crippen MR) is 88.2 cm³/mol. The first kappa shape index (κ1) is 18.3. The fourth-order valence-electron chi connectivity index (χ4n) is 1.90. The van der Waals surface area contributed by atoms with E-state index in [0.717, 1.165) is 4.31 Å². The summed E-state index contributed by atoms with van der Waals surface area (Å²) in [5.74, 6) is 0.358. The van der Waals surface area contributed by atoms with E-state index in [1.165, 1.54) is 31.4 Å². The van der Waals surface area contributed by atoms with Crippen LogP contribution in [0.4, 0.5) is 0 Å². The summed E-state index contributed by atoms with van der Waals surface area (Å²) in [4.78, 5) is 11.3. The van der Waals surface area contributed by atoms with E-state index in [-0.39, 0.29) is 21.5 Å². The zero-order chi connectivity index (χ0) is 17.2. The highest BCUT2D eigenvalue weighted by Gasteiger charge is 2.34. The van der Waals surface area contributed by atoms with Gasteiger partial charge in [-0.1, -0.05) is 23.2 Å². The Morgan fingerprint density at radius 1 is 1.30 bits per heavy atom. The Balaban J connectivity index is 2.52. The van der Waals surface area contributed by atoms with Gasteiger partial charge in [0.2, 0.25) is 15.3 Å². The number of benzene rings is 1. The first-order valence-electron chi connectivity index (χ1n) is 6.42. The van der Waals surface area contributed by atoms with E-state index in [9.17, 15) is 13.2 Å². The Morgan fingerprint density at radius 3 is 2.57 bits per heavy atom. The molecule has 0 saturated carbocycles. The van der Waals surface area contributed by atoms with Crippen molar-refractivity contribution < 1.29 is 17.6 Å². The molecule has 9 heteroatoms. The fraction of sp³-hybridized carbons (Fsp3) is 0.214. The largest absolute Gasteiger partial charge is 0.468 e. The number of rotatable bonds is 6. The standard InChI is InChI=1S/C14H12Cl3NO4S/c1-9(14(17)19)18(8-11-3-2-6-22-11)23(20,21)13-7-10(15)4-5-12(13)16/h2-7,9H,8H2,1H3. The quantitative estimate of drug-likeness (QED) is 0.694. The van der Waals surface area contributed by atoms with Crippen LogP contribution in [0.15, 0.2) is 45.9 Å². The molecule has 1 aromatic carbocycles. The first-order valence-corrected chi connectivity index (χ1v) is 8.99. The number of halogens is 3. The minimum Gasteiger partial charge on any atom is -0.468 e. The lowest BCUT2D eigenvalue weighted by Gasteiger charge is -2.25. The van der Waals surface area contributed by atoms with E-state index in [0.29, 0.717) is 5.76 Å². The molecule has 2 aromatic rings. The predicted octanol–water partition coefficient (Wildman–Crippen LogP) is 3.93. The van der Waals surface area contributed by atoms with Crippen LogP contribution < -0.4 is 0 Å². The van der Waals surface area contributed by atoms with Crippen molar-refractivity contribution in [2.45, 2.75) is 24.4 Å². The van der Waals surface area contributed by atoms with Crippen molar-refractivity contribution in [3.63, 3.8) is 0 Å². The van der Waals surface area contributed by atoms with Crippen LogP contribution in [0.5, 0.6) is 0 Å². The molecule has 23 heavy (non-hydrogen) atoms. The van der Waals surface area contributed by atoms with Crippen molar-refractivity contribution in [3.8, 4) is 0 Å². The van der Waals surface area contributed by atoms with Crippen molar-refractivity contribution in [3.05, 3.63) is 52.4 Å². The van der Waals surface area contributed by atoms with Gasteiger partial charge in [0.05, 0.1) is 23.9 Å². The summed E-state index contributed by atoms with van der Waals surface area (Å²) in [5, 5.41) is -0.623. The summed E-state index contributed by atoms with van der Waals surface area (Å²) in [6.45, 7) is 1.21. The molecule has 0 aliphatic carbocycles. The van der Waals surface area contributed by atoms with Crippen LogP contribution in [0.3, 0.4) is 0 Å². The molecule has 0 spiro atoms. The SMILES string of the molecule is CC(C(=O)Cl)N(Cc1ccco1)S(=O)(=O)c1cc(Cl)ccc1Cl. The van der Waals surface area contributed by atoms with Crippen LogP contribution in [-0.4, -0.2) is 24.0 Å². The van der Waals surface area contributed by atoms with Crippen LogP contribution >= 0.6 is 34.8 Å². The maximum Gasteiger partial charge on any atom is 0.245 e. The molecule has 1 unspecified atom stereocenters. The monoisotopic (exact) mass is 395 g/mol. The second kappa shape index (κ2) is 7.23. The van der Waals surface area contributed by atoms with Gasteiger partial charge in [-0.25, -0.2) is 8.42 Å². The Morgan fingerprint density at radius 2 is 2.00 bits per heavy atom. The van der Waals surface area contributed by atoms with Crippen LogP contribution in [0.2, 0.25) is 10.0 Å². The van der Waals surface area contributed by atoms with Gasteiger partial charge in [0.25, 0.3) is 0 Å². The topological polar surface area (TPSA) is 67.6 Å². The van der Waals surface area contributed by atoms with E-state index in [4.69, 9.17) is 39.2 Å². The molecule has 0 amide bonds. The molecule has 1 aromatic heterocycles. The highest BCUT2D eigenvalue weighted by atomic mass is 35.5. The summed E-state index contributed by atoms with van der Waals surface area (Å²) in [7, 11) is -4.12. The molecule has 5 nitrogen and oxygen atoms in total. The van der Waals surface area contributed by atoms with E-state index < -0.39 is 21.3 Å². The van der Waals surface area contributed by atoms with Crippen molar-refractivity contribution in [2.24, 2.45) is 0 Å². The summed E-state index contributed by atoms with van der Waals surface area (Å²) in [6, 6.07) is 6.15. The Bertz CT molecular complexity index is 805. The number of hydrogen-bond acceptors (Lipinski definition) is 4. The lowest BCUT2D eigenvalue weighted by molar-refractivity contribution is -0.114. The summed E-state index contributed by atoms with van der Waals surface area (Å²) in [6.07, 6.45) is 1.40. The third-order valence-electron chi connectivity index (χ3n) is 3.13. The molecule has 0 N–H and O–H groups in total. The molecule has 0 bridgehead atoms. The highest BCUT2D eigenvalue weighted by molar-refractivity contribution is 7.89. The number of sulfonamides is 1. The molecule has 0 saturated heterocycles. The van der Waals surface area contributed by atoms with E-state index in [2.05, 4.69) is 0 Å². The molecule has 1 atom stereocenters. The van der Waals surface area contributed by atoms with Gasteiger partial charge < -0.3 is 4.42 Å². The van der Waals surface area contributed by atoms with E-state index >= 15 is 0 Å². The van der Waals surface area contributed by atoms with Crippen LogP contribution in [0.25, 0.3) is 0 Å². The second-order valence-corrected chi connectivity index (χ2v) is 7.76. The average Bonchev–Trinajstić information content (AvgIpc) is 2.99. The third-order valence-corrected chi connectivity index (χ3v) is 6.08. The molecule has 124 valence electrons. The van der Waals surface area contributed by atoms with Gasteiger partial charge >= 0.3 is 0 Å². The summed E-state index contributed by atoms with van der Waals surface area (Å²) >= 11 is 17.3. The zero-order valence-electron chi connectivity index (χ0n) is 11.9. The fourth-order valence-corrected chi connectivity index (χ4v) is 4.38. The van der Waals surface area contributed by atoms with Gasteiger partial charge in [0.1, 0.15) is 10.7 Å². The molecule has 0 fully saturated rings. The van der Waals surface area contributed by atoms with Gasteiger partial charge in [0.15, 0.2) is 0 Å². The number of furan rings is 1. The Kier molecular flexibility index (Phi) is 5.75. The first-order chi connectivity index (χ1) is 10.7. The van der Waals surface area contributed by atoms with Gasteiger partial charge in [-0.15, -0.1) is 0 Å². The van der Waals surface area contributed by atoms with Crippen LogP contribution in [-0.2, 0) is 21.4 Å². The highest BCUT2D eigenvalue weighted by Crippen LogP contribution is 2.30. The summed E-state index contributed by atoms with van der Waals surface area (Å²) < 4.78 is 31.9. The van der Waals surface area contributed by atoms with E-state index in [1.54, 1.807) is 12.1 Å². The second-order valence-electron chi connectivity index (χ2n) is 4.68. The normalized spacial score (nSPS) is 13.3. The Hall–Kier alpha value is -1.05. The zero-order valence-corrected chi connectivity index (χ0v) is 15.0.